The Kier molecular flexibility index (Phi) is 3.47. The summed E-state index contributed by atoms with van der Waals surface area (Å²) >= 11 is 0. The van der Waals surface area contributed by atoms with Gasteiger partial charge in [-0.15, -0.1) is 0 Å². The molecule has 5 heteroatoms. The minimum Gasteiger partial charge on any atom is -0.351 e. The number of nitrogens with one attached hydrogen (secondary N) is 2. The molecule has 0 saturated carbocycles. The summed E-state index contributed by atoms with van der Waals surface area (Å²) in [6.07, 6.45) is 0. The molecule has 2 rings (SSSR count). The lowest BCUT2D eigenvalue weighted by Gasteiger charge is -2.27. The highest BCUT2D eigenvalue weighted by Gasteiger charge is 2.25. The molecule has 0 unspecified atom stereocenters. The van der Waals surface area contributed by atoms with Crippen LogP contribution in [0.2, 0.25) is 0 Å². The molecule has 1 aromatic rings. The Morgan fingerprint density at radius 3 is 2.82 bits per heavy atom. The fourth-order valence-corrected chi connectivity index (χ4v) is 2.00. The number of aryl methyl sites for hydroxylation is 2. The zero-order valence-electron chi connectivity index (χ0n) is 10.7. The Bertz CT molecular complexity index is 409. The zero-order valence-corrected chi connectivity index (χ0v) is 10.7. The second-order valence-electron chi connectivity index (χ2n) is 4.87. The maximum absolute atomic E-state index is 11.7. The molecular weight excluding hydrogens is 216 g/mol. The van der Waals surface area contributed by atoms with Gasteiger partial charge >= 0.3 is 0 Å². The number of carbonyl (C=O) groups is 1. The van der Waals surface area contributed by atoms with Gasteiger partial charge in [0.25, 0.3) is 0 Å². The summed E-state index contributed by atoms with van der Waals surface area (Å²) in [5.74, 6) is 0.302. The lowest BCUT2D eigenvalue weighted by Crippen LogP contribution is -2.52. The Hall–Kier alpha value is -1.36. The van der Waals surface area contributed by atoms with Crippen LogP contribution in [0, 0.1) is 19.8 Å². The fourth-order valence-electron chi connectivity index (χ4n) is 2.00. The van der Waals surface area contributed by atoms with Crippen LogP contribution < -0.4 is 10.6 Å². The fraction of sp³-hybridized carbons (Fsp3) is 0.667. The Morgan fingerprint density at radius 1 is 1.65 bits per heavy atom. The standard InChI is InChI=1S/C12H20N4O/c1-8-4-10(3)16(15-8)7-9(2)14-12(17)11-5-13-6-11/h4,9,11,13H,5-7H2,1-3H3,(H,14,17)/t9-/m0/s1. The highest BCUT2D eigenvalue weighted by atomic mass is 16.2. The van der Waals surface area contributed by atoms with E-state index in [4.69, 9.17) is 0 Å². The first-order valence-corrected chi connectivity index (χ1v) is 6.08. The normalized spacial score (nSPS) is 17.6. The molecule has 1 aliphatic rings. The van der Waals surface area contributed by atoms with Crippen LogP contribution in [0.1, 0.15) is 18.3 Å². The van der Waals surface area contributed by atoms with Crippen LogP contribution in [0.5, 0.6) is 0 Å². The Morgan fingerprint density at radius 2 is 2.35 bits per heavy atom. The molecule has 2 heterocycles. The van der Waals surface area contributed by atoms with E-state index >= 15 is 0 Å². The minimum absolute atomic E-state index is 0.112. The van der Waals surface area contributed by atoms with Crippen molar-refractivity contribution >= 4 is 5.91 Å². The SMILES string of the molecule is Cc1cc(C)n(C[C@H](C)NC(=O)C2CNC2)n1. The van der Waals surface area contributed by atoms with E-state index in [-0.39, 0.29) is 17.9 Å². The average molecular weight is 236 g/mol. The quantitative estimate of drug-likeness (QED) is 0.786. The molecule has 1 aromatic heterocycles. The molecule has 1 atom stereocenters. The van der Waals surface area contributed by atoms with Crippen LogP contribution in [0.15, 0.2) is 6.07 Å². The molecule has 0 aromatic carbocycles. The van der Waals surface area contributed by atoms with E-state index in [0.29, 0.717) is 0 Å². The highest BCUT2D eigenvalue weighted by Crippen LogP contribution is 2.05. The number of rotatable bonds is 4. The molecule has 0 spiro atoms. The average Bonchev–Trinajstić information content (AvgIpc) is 2.41. The lowest BCUT2D eigenvalue weighted by molar-refractivity contribution is -0.127. The molecular formula is C12H20N4O. The van der Waals surface area contributed by atoms with Gasteiger partial charge in [0.15, 0.2) is 0 Å². The van der Waals surface area contributed by atoms with Crippen molar-refractivity contribution in [3.05, 3.63) is 17.5 Å². The zero-order chi connectivity index (χ0) is 12.4. The van der Waals surface area contributed by atoms with Crippen molar-refractivity contribution in [3.8, 4) is 0 Å². The summed E-state index contributed by atoms with van der Waals surface area (Å²) < 4.78 is 1.94. The monoisotopic (exact) mass is 236 g/mol. The maximum Gasteiger partial charge on any atom is 0.225 e. The molecule has 1 fully saturated rings. The number of aromatic nitrogens is 2. The largest absolute Gasteiger partial charge is 0.351 e. The Labute approximate surface area is 102 Å². The summed E-state index contributed by atoms with van der Waals surface area (Å²) in [4.78, 5) is 11.7. The third kappa shape index (κ3) is 2.85. The van der Waals surface area contributed by atoms with E-state index < -0.39 is 0 Å². The van der Waals surface area contributed by atoms with Crippen molar-refractivity contribution < 1.29 is 4.79 Å². The van der Waals surface area contributed by atoms with Crippen molar-refractivity contribution in [2.75, 3.05) is 13.1 Å². The van der Waals surface area contributed by atoms with Crippen LogP contribution in [-0.2, 0) is 11.3 Å². The molecule has 0 aliphatic carbocycles. The number of carbonyl (C=O) groups excluding carboxylic acids is 1. The van der Waals surface area contributed by atoms with Crippen LogP contribution in [0.4, 0.5) is 0 Å². The lowest BCUT2D eigenvalue weighted by atomic mass is 10.0. The van der Waals surface area contributed by atoms with Crippen molar-refractivity contribution in [2.24, 2.45) is 5.92 Å². The van der Waals surface area contributed by atoms with Crippen molar-refractivity contribution in [1.82, 2.24) is 20.4 Å². The minimum atomic E-state index is 0.112. The number of hydrogen-bond acceptors (Lipinski definition) is 3. The van der Waals surface area contributed by atoms with E-state index in [9.17, 15) is 4.79 Å². The first-order valence-electron chi connectivity index (χ1n) is 6.08. The molecule has 17 heavy (non-hydrogen) atoms. The summed E-state index contributed by atoms with van der Waals surface area (Å²) in [6, 6.07) is 2.16. The molecule has 1 aliphatic heterocycles. The molecule has 94 valence electrons. The first kappa shape index (κ1) is 12.1. The molecule has 0 radical (unpaired) electrons. The molecule has 1 saturated heterocycles. The smallest absolute Gasteiger partial charge is 0.225 e. The Balaban J connectivity index is 1.86. The van der Waals surface area contributed by atoms with Crippen LogP contribution in [-0.4, -0.2) is 34.8 Å². The van der Waals surface area contributed by atoms with Crippen LogP contribution in [0.3, 0.4) is 0 Å². The summed E-state index contributed by atoms with van der Waals surface area (Å²) in [6.45, 7) is 8.36. The van der Waals surface area contributed by atoms with Gasteiger partial charge in [-0.1, -0.05) is 0 Å². The molecule has 5 nitrogen and oxygen atoms in total. The van der Waals surface area contributed by atoms with Gasteiger partial charge in [-0.05, 0) is 26.8 Å². The van der Waals surface area contributed by atoms with Gasteiger partial charge < -0.3 is 10.6 Å². The first-order chi connectivity index (χ1) is 8.06. The van der Waals surface area contributed by atoms with Gasteiger partial charge in [-0.25, -0.2) is 0 Å². The predicted octanol–water partition coefficient (Wildman–Crippen LogP) is 0.224. The molecule has 1 amide bonds. The van der Waals surface area contributed by atoms with Crippen LogP contribution >= 0.6 is 0 Å². The van der Waals surface area contributed by atoms with Crippen molar-refractivity contribution in [2.45, 2.75) is 33.4 Å². The van der Waals surface area contributed by atoms with E-state index in [1.807, 2.05) is 31.5 Å². The van der Waals surface area contributed by atoms with Gasteiger partial charge in [-0.3, -0.25) is 9.48 Å². The maximum atomic E-state index is 11.7. The second-order valence-corrected chi connectivity index (χ2v) is 4.87. The van der Waals surface area contributed by atoms with Gasteiger partial charge in [0.1, 0.15) is 0 Å². The van der Waals surface area contributed by atoms with E-state index in [1.165, 1.54) is 0 Å². The van der Waals surface area contributed by atoms with Crippen LogP contribution in [0.25, 0.3) is 0 Å². The number of amides is 1. The topological polar surface area (TPSA) is 59.0 Å². The van der Waals surface area contributed by atoms with Gasteiger partial charge in [0.05, 0.1) is 18.2 Å². The van der Waals surface area contributed by atoms with Crippen molar-refractivity contribution in [1.29, 1.82) is 0 Å². The second kappa shape index (κ2) is 4.87. The number of nitrogens with zero attached hydrogens (tertiary/aromatic N) is 2. The van der Waals surface area contributed by atoms with Gasteiger partial charge in [0, 0.05) is 24.8 Å². The third-order valence-corrected chi connectivity index (χ3v) is 3.09. The summed E-state index contributed by atoms with van der Waals surface area (Å²) in [7, 11) is 0. The van der Waals surface area contributed by atoms with Crippen molar-refractivity contribution in [3.63, 3.8) is 0 Å². The third-order valence-electron chi connectivity index (χ3n) is 3.09. The highest BCUT2D eigenvalue weighted by molar-refractivity contribution is 5.80. The molecule has 2 N–H and O–H groups in total. The van der Waals surface area contributed by atoms with E-state index in [1.54, 1.807) is 0 Å². The predicted molar refractivity (Wildman–Crippen MR) is 65.7 cm³/mol. The van der Waals surface area contributed by atoms with E-state index in [2.05, 4.69) is 15.7 Å². The van der Waals surface area contributed by atoms with Gasteiger partial charge in [0.2, 0.25) is 5.91 Å². The summed E-state index contributed by atoms with van der Waals surface area (Å²) in [5, 5.41) is 10.5. The summed E-state index contributed by atoms with van der Waals surface area (Å²) in [5.41, 5.74) is 2.15. The van der Waals surface area contributed by atoms with E-state index in [0.717, 1.165) is 31.0 Å². The molecule has 0 bridgehead atoms. The number of hydrogen-bond donors (Lipinski definition) is 2. The van der Waals surface area contributed by atoms with Gasteiger partial charge in [-0.2, -0.15) is 5.10 Å².